The van der Waals surface area contributed by atoms with Gasteiger partial charge in [-0.25, -0.2) is 4.39 Å². The predicted molar refractivity (Wildman–Crippen MR) is 113 cm³/mol. The van der Waals surface area contributed by atoms with Gasteiger partial charge in [-0.15, -0.1) is 0 Å². The van der Waals surface area contributed by atoms with Gasteiger partial charge in [0, 0.05) is 30.2 Å². The summed E-state index contributed by atoms with van der Waals surface area (Å²) in [6.45, 7) is 10.3. The van der Waals surface area contributed by atoms with E-state index in [2.05, 4.69) is 23.6 Å². The summed E-state index contributed by atoms with van der Waals surface area (Å²) in [4.78, 5) is 26.5. The van der Waals surface area contributed by atoms with Gasteiger partial charge in [0.05, 0.1) is 13.5 Å². The highest BCUT2D eigenvalue weighted by atomic mass is 19.1. The van der Waals surface area contributed by atoms with E-state index in [-0.39, 0.29) is 11.7 Å². The van der Waals surface area contributed by atoms with E-state index in [4.69, 9.17) is 4.79 Å². The molecule has 158 valence electrons. The van der Waals surface area contributed by atoms with E-state index in [0.717, 1.165) is 55.2 Å². The topological polar surface area (TPSA) is 62.4 Å². The van der Waals surface area contributed by atoms with Crippen LogP contribution in [0.3, 0.4) is 0 Å². The number of carbonyl (C=O) groups is 2. The molecule has 1 amide bonds. The number of aromatic nitrogens is 1. The fourth-order valence-electron chi connectivity index (χ4n) is 2.76. The first-order chi connectivity index (χ1) is 13.6. The second-order valence-electron chi connectivity index (χ2n) is 6.10. The summed E-state index contributed by atoms with van der Waals surface area (Å²) < 4.78 is 17.1. The third-order valence-electron chi connectivity index (χ3n) is 4.05. The first kappa shape index (κ1) is 25.6. The molecule has 28 heavy (non-hydrogen) atoms. The lowest BCUT2D eigenvalue weighted by Crippen LogP contribution is -2.33. The number of amides is 1. The number of carbonyl (C=O) groups excluding carboxylic acids is 2. The van der Waals surface area contributed by atoms with E-state index in [1.165, 1.54) is 19.2 Å². The van der Waals surface area contributed by atoms with E-state index in [9.17, 15) is 9.18 Å². The number of fused-ring (bicyclic) bond motifs is 1. The Morgan fingerprint density at radius 3 is 2.43 bits per heavy atom. The van der Waals surface area contributed by atoms with Crippen molar-refractivity contribution in [3.63, 3.8) is 0 Å². The number of rotatable bonds is 9. The molecule has 0 unspecified atom stereocenters. The minimum atomic E-state index is -0.264. The van der Waals surface area contributed by atoms with Crippen molar-refractivity contribution >= 4 is 23.3 Å². The average Bonchev–Trinajstić information content (AvgIpc) is 3.10. The Balaban J connectivity index is 0.00000108. The van der Waals surface area contributed by atoms with Gasteiger partial charge in [-0.2, -0.15) is 0 Å². The fraction of sp³-hybridized carbons (Fsp3) is 0.545. The average molecular weight is 395 g/mol. The minimum absolute atomic E-state index is 0.156. The highest BCUT2D eigenvalue weighted by Gasteiger charge is 2.15. The van der Waals surface area contributed by atoms with Crippen molar-refractivity contribution in [2.75, 3.05) is 20.2 Å². The van der Waals surface area contributed by atoms with Crippen LogP contribution in [0.2, 0.25) is 0 Å². The SMILES string of the molecule is CC.CCCCCN(CCC)C(=O)Cc1c[nH]c2cc(F)ccc12.COC=O. The molecule has 1 aromatic heterocycles. The molecule has 1 heterocycles. The Labute approximate surface area is 168 Å². The largest absolute Gasteiger partial charge is 0.471 e. The van der Waals surface area contributed by atoms with Gasteiger partial charge in [-0.05, 0) is 36.6 Å². The van der Waals surface area contributed by atoms with Gasteiger partial charge < -0.3 is 14.6 Å². The molecule has 0 saturated heterocycles. The molecule has 2 rings (SSSR count). The molecule has 0 aliphatic heterocycles. The number of unbranched alkanes of at least 4 members (excludes halogenated alkanes) is 2. The number of methoxy groups -OCH3 is 1. The molecule has 0 aliphatic rings. The first-order valence-corrected chi connectivity index (χ1v) is 10.1. The zero-order valence-corrected chi connectivity index (χ0v) is 17.9. The number of halogens is 1. The van der Waals surface area contributed by atoms with Gasteiger partial charge in [0.1, 0.15) is 5.82 Å². The zero-order chi connectivity index (χ0) is 21.4. The fourth-order valence-corrected chi connectivity index (χ4v) is 2.76. The van der Waals surface area contributed by atoms with Crippen LogP contribution in [0, 0.1) is 5.82 Å². The molecule has 1 N–H and O–H groups in total. The van der Waals surface area contributed by atoms with Gasteiger partial charge in [0.2, 0.25) is 5.91 Å². The Morgan fingerprint density at radius 2 is 1.86 bits per heavy atom. The van der Waals surface area contributed by atoms with Gasteiger partial charge >= 0.3 is 0 Å². The van der Waals surface area contributed by atoms with Gasteiger partial charge in [0.25, 0.3) is 6.47 Å². The lowest BCUT2D eigenvalue weighted by Gasteiger charge is -2.22. The molecule has 0 bridgehead atoms. The van der Waals surface area contributed by atoms with Crippen molar-refractivity contribution in [3.8, 4) is 0 Å². The number of hydrogen-bond donors (Lipinski definition) is 1. The monoisotopic (exact) mass is 394 g/mol. The molecule has 0 aliphatic carbocycles. The Morgan fingerprint density at radius 1 is 1.18 bits per heavy atom. The van der Waals surface area contributed by atoms with Crippen molar-refractivity contribution in [2.24, 2.45) is 0 Å². The van der Waals surface area contributed by atoms with E-state index in [1.807, 2.05) is 24.9 Å². The number of nitrogens with one attached hydrogen (secondary N) is 1. The van der Waals surface area contributed by atoms with Crippen molar-refractivity contribution in [3.05, 3.63) is 35.8 Å². The van der Waals surface area contributed by atoms with Crippen molar-refractivity contribution in [1.82, 2.24) is 9.88 Å². The number of H-pyrrole nitrogens is 1. The number of benzene rings is 1. The maximum Gasteiger partial charge on any atom is 0.292 e. The molecule has 0 saturated carbocycles. The number of aromatic amines is 1. The van der Waals surface area contributed by atoms with Crippen LogP contribution in [-0.2, 0) is 20.7 Å². The van der Waals surface area contributed by atoms with Gasteiger partial charge in [-0.3, -0.25) is 9.59 Å². The normalized spacial score (nSPS) is 9.64. The van der Waals surface area contributed by atoms with Gasteiger partial charge in [0.15, 0.2) is 0 Å². The number of hydrogen-bond acceptors (Lipinski definition) is 3. The van der Waals surface area contributed by atoms with Crippen LogP contribution >= 0.6 is 0 Å². The Kier molecular flexibility index (Phi) is 14.3. The highest BCUT2D eigenvalue weighted by molar-refractivity contribution is 5.88. The van der Waals surface area contributed by atoms with Crippen LogP contribution in [0.15, 0.2) is 24.4 Å². The maximum atomic E-state index is 13.2. The summed E-state index contributed by atoms with van der Waals surface area (Å²) in [5, 5.41) is 0.930. The summed E-state index contributed by atoms with van der Waals surface area (Å²) in [7, 11) is 1.31. The smallest absolute Gasteiger partial charge is 0.292 e. The molecule has 0 atom stereocenters. The van der Waals surface area contributed by atoms with E-state index in [0.29, 0.717) is 12.9 Å². The molecule has 0 spiro atoms. The molecule has 5 nitrogen and oxygen atoms in total. The molecule has 6 heteroatoms. The number of nitrogens with zero attached hydrogens (tertiary/aromatic N) is 1. The Bertz CT molecular complexity index is 685. The number of ether oxygens (including phenoxy) is 1. The summed E-state index contributed by atoms with van der Waals surface area (Å²) in [6, 6.07) is 4.65. The van der Waals surface area contributed by atoms with E-state index in [1.54, 1.807) is 6.07 Å². The first-order valence-electron chi connectivity index (χ1n) is 10.1. The molecule has 0 radical (unpaired) electrons. The second-order valence-corrected chi connectivity index (χ2v) is 6.10. The highest BCUT2D eigenvalue weighted by Crippen LogP contribution is 2.20. The molecule has 1 aromatic carbocycles. The summed E-state index contributed by atoms with van der Waals surface area (Å²) in [5.41, 5.74) is 1.69. The quantitative estimate of drug-likeness (QED) is 0.476. The van der Waals surface area contributed by atoms with Crippen molar-refractivity contribution in [1.29, 1.82) is 0 Å². The third-order valence-corrected chi connectivity index (χ3v) is 4.05. The van der Waals surface area contributed by atoms with E-state index < -0.39 is 0 Å². The van der Waals surface area contributed by atoms with Crippen LogP contribution in [0.4, 0.5) is 4.39 Å². The van der Waals surface area contributed by atoms with Gasteiger partial charge in [-0.1, -0.05) is 40.5 Å². The molecule has 2 aromatic rings. The van der Waals surface area contributed by atoms with Crippen LogP contribution in [0.1, 0.15) is 58.9 Å². The Hall–Kier alpha value is -2.37. The summed E-state index contributed by atoms with van der Waals surface area (Å²) >= 11 is 0. The lowest BCUT2D eigenvalue weighted by molar-refractivity contribution is -0.130. The van der Waals surface area contributed by atoms with Crippen LogP contribution in [-0.4, -0.2) is 42.5 Å². The summed E-state index contributed by atoms with van der Waals surface area (Å²) in [6.07, 6.45) is 6.52. The molecular weight excluding hydrogens is 359 g/mol. The van der Waals surface area contributed by atoms with Crippen LogP contribution in [0.25, 0.3) is 10.9 Å². The van der Waals surface area contributed by atoms with Crippen LogP contribution < -0.4 is 0 Å². The molecular formula is C22H35FN2O3. The molecule has 0 fully saturated rings. The van der Waals surface area contributed by atoms with E-state index >= 15 is 0 Å². The third kappa shape index (κ3) is 9.02. The lowest BCUT2D eigenvalue weighted by atomic mass is 10.1. The second kappa shape index (κ2) is 15.7. The summed E-state index contributed by atoms with van der Waals surface area (Å²) in [5.74, 6) is -0.109. The predicted octanol–water partition coefficient (Wildman–Crippen LogP) is 5.09. The minimum Gasteiger partial charge on any atom is -0.471 e. The van der Waals surface area contributed by atoms with Crippen LogP contribution in [0.5, 0.6) is 0 Å². The van der Waals surface area contributed by atoms with Crippen molar-refractivity contribution < 1.29 is 18.7 Å². The standard InChI is InChI=1S/C18H25FN2O.C2H4O2.C2H6/c1-3-5-6-10-21(9-4-2)18(22)11-14-13-20-17-12-15(19)7-8-16(14)17;1-4-2-3;1-2/h7-8,12-13,20H,3-6,9-11H2,1-2H3;2H,1H3;1-2H3. The zero-order valence-electron chi connectivity index (χ0n) is 17.9. The van der Waals surface area contributed by atoms with Crippen molar-refractivity contribution in [2.45, 2.75) is 59.8 Å². The maximum absolute atomic E-state index is 13.2.